The van der Waals surface area contributed by atoms with Crippen molar-refractivity contribution in [1.29, 1.82) is 0 Å². The zero-order chi connectivity index (χ0) is 24.1. The summed E-state index contributed by atoms with van der Waals surface area (Å²) in [5.41, 5.74) is -0.755. The highest BCUT2D eigenvalue weighted by atomic mass is 16.7. The van der Waals surface area contributed by atoms with Gasteiger partial charge in [0.05, 0.1) is 28.3 Å². The van der Waals surface area contributed by atoms with Crippen molar-refractivity contribution in [2.75, 3.05) is 25.3 Å². The molecule has 1 aliphatic rings. The van der Waals surface area contributed by atoms with E-state index >= 15 is 0 Å². The number of nitro benzene ring substituents is 1. The predicted molar refractivity (Wildman–Crippen MR) is 111 cm³/mol. The van der Waals surface area contributed by atoms with E-state index in [4.69, 9.17) is 18.9 Å². The molecule has 0 bridgehead atoms. The van der Waals surface area contributed by atoms with Crippen LogP contribution < -0.4 is 14.8 Å². The average molecular weight is 458 g/mol. The molecule has 0 fully saturated rings. The molecule has 0 spiro atoms. The fraction of sp³-hybridized carbons (Fsp3) is 0.238. The van der Waals surface area contributed by atoms with Crippen LogP contribution in [0.25, 0.3) is 0 Å². The maximum atomic E-state index is 12.4. The molecule has 1 amide bonds. The number of fused-ring (bicyclic) bond motifs is 1. The summed E-state index contributed by atoms with van der Waals surface area (Å²) in [6.07, 6.45) is 0. The Morgan fingerprint density at radius 2 is 1.61 bits per heavy atom. The Morgan fingerprint density at radius 1 is 1.00 bits per heavy atom. The van der Waals surface area contributed by atoms with Crippen LogP contribution in [0.2, 0.25) is 0 Å². The smallest absolute Gasteiger partial charge is 0.338 e. The highest BCUT2D eigenvalue weighted by Crippen LogP contribution is 2.37. The monoisotopic (exact) mass is 458 g/mol. The fourth-order valence-electron chi connectivity index (χ4n) is 2.90. The lowest BCUT2D eigenvalue weighted by Gasteiger charge is -2.11. The van der Waals surface area contributed by atoms with Crippen molar-refractivity contribution in [2.24, 2.45) is 0 Å². The van der Waals surface area contributed by atoms with Gasteiger partial charge < -0.3 is 24.3 Å². The van der Waals surface area contributed by atoms with Crippen molar-refractivity contribution in [3.05, 3.63) is 57.1 Å². The van der Waals surface area contributed by atoms with Gasteiger partial charge in [-0.1, -0.05) is 0 Å². The van der Waals surface area contributed by atoms with Crippen molar-refractivity contribution < 1.29 is 43.0 Å². The lowest BCUT2D eigenvalue weighted by molar-refractivity contribution is -0.384. The number of anilines is 1. The Balaban J connectivity index is 1.72. The minimum atomic E-state index is -1.07. The largest absolute Gasteiger partial charge is 0.462 e. The number of Topliss-reactive ketones (excluding diaryl/α,β-unsaturated/α-hetero) is 1. The van der Waals surface area contributed by atoms with Crippen molar-refractivity contribution in [3.8, 4) is 11.5 Å². The molecule has 2 aromatic rings. The van der Waals surface area contributed by atoms with E-state index in [1.54, 1.807) is 6.92 Å². The summed E-state index contributed by atoms with van der Waals surface area (Å²) < 4.78 is 20.2. The van der Waals surface area contributed by atoms with Crippen molar-refractivity contribution in [2.45, 2.75) is 13.8 Å². The van der Waals surface area contributed by atoms with Gasteiger partial charge in [0.1, 0.15) is 0 Å². The number of hydrogen-bond donors (Lipinski definition) is 1. The molecule has 1 N–H and O–H groups in total. The Hall–Kier alpha value is -4.48. The van der Waals surface area contributed by atoms with E-state index in [0.29, 0.717) is 11.5 Å². The number of carbonyl (C=O) groups excluding carboxylic acids is 4. The molecule has 0 saturated heterocycles. The molecular formula is C21H18N2O10. The molecule has 12 heteroatoms. The number of carbonyl (C=O) groups is 4. The number of hydrogen-bond acceptors (Lipinski definition) is 10. The van der Waals surface area contributed by atoms with Crippen LogP contribution in [-0.2, 0) is 14.3 Å². The number of esters is 2. The summed E-state index contributed by atoms with van der Waals surface area (Å²) in [6, 6.07) is 5.77. The first-order chi connectivity index (χ1) is 15.7. The topological polar surface area (TPSA) is 160 Å². The molecule has 0 aromatic heterocycles. The second-order valence-electron chi connectivity index (χ2n) is 6.68. The standard InChI is InChI=1S/C21H18N2O10/c1-3-30-20(26)12-4-13(6-14(5-12)23(28)29)21(27)31-9-19(25)22-16-8-18-17(32-10-33-18)7-15(16)11(2)24/h4-8H,3,9-10H2,1-2H3,(H,22,25). The Morgan fingerprint density at radius 3 is 2.18 bits per heavy atom. The molecule has 3 rings (SSSR count). The number of ketones is 1. The molecular weight excluding hydrogens is 440 g/mol. The van der Waals surface area contributed by atoms with E-state index in [9.17, 15) is 29.3 Å². The predicted octanol–water partition coefficient (Wildman–Crippen LogP) is 2.50. The van der Waals surface area contributed by atoms with Crippen LogP contribution in [0.1, 0.15) is 44.9 Å². The third-order valence-corrected chi connectivity index (χ3v) is 4.38. The maximum Gasteiger partial charge on any atom is 0.338 e. The van der Waals surface area contributed by atoms with Crippen molar-refractivity contribution in [1.82, 2.24) is 0 Å². The van der Waals surface area contributed by atoms with Crippen LogP contribution >= 0.6 is 0 Å². The Kier molecular flexibility index (Phi) is 6.86. The number of benzene rings is 2. The summed E-state index contributed by atoms with van der Waals surface area (Å²) in [6.45, 7) is 2.10. The first-order valence-electron chi connectivity index (χ1n) is 9.57. The van der Waals surface area contributed by atoms with Gasteiger partial charge >= 0.3 is 11.9 Å². The van der Waals surface area contributed by atoms with E-state index < -0.39 is 35.1 Å². The molecule has 2 aromatic carbocycles. The van der Waals surface area contributed by atoms with Crippen molar-refractivity contribution in [3.63, 3.8) is 0 Å². The normalized spacial score (nSPS) is 11.5. The Bertz CT molecular complexity index is 1160. The number of nitrogens with one attached hydrogen (secondary N) is 1. The number of nitro groups is 1. The van der Waals surface area contributed by atoms with E-state index in [-0.39, 0.29) is 41.6 Å². The highest BCUT2D eigenvalue weighted by molar-refractivity contribution is 6.05. The highest BCUT2D eigenvalue weighted by Gasteiger charge is 2.22. The fourth-order valence-corrected chi connectivity index (χ4v) is 2.90. The van der Waals surface area contributed by atoms with Gasteiger partial charge in [0.25, 0.3) is 11.6 Å². The van der Waals surface area contributed by atoms with Crippen molar-refractivity contribution >= 4 is 35.0 Å². The van der Waals surface area contributed by atoms with E-state index in [1.807, 2.05) is 0 Å². The molecule has 33 heavy (non-hydrogen) atoms. The van der Waals surface area contributed by atoms with Gasteiger partial charge in [-0.25, -0.2) is 9.59 Å². The third kappa shape index (κ3) is 5.42. The lowest BCUT2D eigenvalue weighted by Crippen LogP contribution is -2.22. The SMILES string of the molecule is CCOC(=O)c1cc(C(=O)OCC(=O)Nc2cc3c(cc2C(C)=O)OCO3)cc([N+](=O)[O-])c1. The quantitative estimate of drug-likeness (QED) is 0.269. The summed E-state index contributed by atoms with van der Waals surface area (Å²) in [4.78, 5) is 58.8. The van der Waals surface area contributed by atoms with Gasteiger partial charge in [-0.3, -0.25) is 19.7 Å². The minimum Gasteiger partial charge on any atom is -0.462 e. The molecule has 0 radical (unpaired) electrons. The van der Waals surface area contributed by atoms with E-state index in [0.717, 1.165) is 18.2 Å². The second kappa shape index (κ2) is 9.77. The van der Waals surface area contributed by atoms with E-state index in [2.05, 4.69) is 5.32 Å². The number of amides is 1. The number of ether oxygens (including phenoxy) is 4. The first-order valence-corrected chi connectivity index (χ1v) is 9.57. The number of rotatable bonds is 8. The summed E-state index contributed by atoms with van der Waals surface area (Å²) in [5.74, 6) is -2.36. The van der Waals surface area contributed by atoms with Gasteiger partial charge in [0, 0.05) is 23.8 Å². The first kappa shape index (κ1) is 23.2. The molecule has 0 atom stereocenters. The third-order valence-electron chi connectivity index (χ3n) is 4.38. The minimum absolute atomic E-state index is 0.0291. The van der Waals surface area contributed by atoms with E-state index in [1.165, 1.54) is 19.1 Å². The molecule has 0 saturated carbocycles. The van der Waals surface area contributed by atoms with Crippen LogP contribution in [0, 0.1) is 10.1 Å². The number of non-ortho nitro benzene ring substituents is 1. The van der Waals surface area contributed by atoms with Crippen LogP contribution in [0.15, 0.2) is 30.3 Å². The van der Waals surface area contributed by atoms with Gasteiger partial charge in [0.15, 0.2) is 23.9 Å². The molecule has 0 aliphatic carbocycles. The summed E-state index contributed by atoms with van der Waals surface area (Å²) in [7, 11) is 0. The molecule has 0 unspecified atom stereocenters. The summed E-state index contributed by atoms with van der Waals surface area (Å²) >= 11 is 0. The average Bonchev–Trinajstić information content (AvgIpc) is 3.24. The van der Waals surface area contributed by atoms with Gasteiger partial charge in [-0.15, -0.1) is 0 Å². The van der Waals surface area contributed by atoms with Crippen LogP contribution in [-0.4, -0.2) is 48.6 Å². The summed E-state index contributed by atoms with van der Waals surface area (Å²) in [5, 5.41) is 13.6. The van der Waals surface area contributed by atoms with Crippen LogP contribution in [0.4, 0.5) is 11.4 Å². The van der Waals surface area contributed by atoms with Gasteiger partial charge in [0.2, 0.25) is 6.79 Å². The maximum absolute atomic E-state index is 12.4. The van der Waals surface area contributed by atoms with Crippen LogP contribution in [0.3, 0.4) is 0 Å². The van der Waals surface area contributed by atoms with Gasteiger partial charge in [-0.05, 0) is 26.0 Å². The van der Waals surface area contributed by atoms with Gasteiger partial charge in [-0.2, -0.15) is 0 Å². The lowest BCUT2D eigenvalue weighted by atomic mass is 10.1. The second-order valence-corrected chi connectivity index (χ2v) is 6.68. The zero-order valence-electron chi connectivity index (χ0n) is 17.5. The number of nitrogens with zero attached hydrogens (tertiary/aromatic N) is 1. The molecule has 12 nitrogen and oxygen atoms in total. The Labute approximate surface area is 186 Å². The zero-order valence-corrected chi connectivity index (χ0v) is 17.5. The molecule has 1 aliphatic heterocycles. The molecule has 172 valence electrons. The van der Waals surface area contributed by atoms with Crippen LogP contribution in [0.5, 0.6) is 11.5 Å². The molecule has 1 heterocycles.